The van der Waals surface area contributed by atoms with Crippen LogP contribution in [0.15, 0.2) is 18.2 Å². The van der Waals surface area contributed by atoms with E-state index in [9.17, 15) is 4.39 Å². The van der Waals surface area contributed by atoms with Crippen LogP contribution in [-0.4, -0.2) is 30.1 Å². The van der Waals surface area contributed by atoms with Crippen LogP contribution in [0.1, 0.15) is 37.8 Å². The molecule has 1 aromatic carbocycles. The van der Waals surface area contributed by atoms with E-state index in [1.807, 2.05) is 13.0 Å². The highest BCUT2D eigenvalue weighted by Gasteiger charge is 2.24. The van der Waals surface area contributed by atoms with E-state index in [1.54, 1.807) is 12.1 Å². The van der Waals surface area contributed by atoms with Crippen LogP contribution in [0.3, 0.4) is 0 Å². The highest BCUT2D eigenvalue weighted by atomic mass is 19.1. The van der Waals surface area contributed by atoms with Crippen LogP contribution in [0.2, 0.25) is 0 Å². The smallest absolute Gasteiger partial charge is 0.123 e. The first-order chi connectivity index (χ1) is 9.10. The van der Waals surface area contributed by atoms with Gasteiger partial charge in [-0.05, 0) is 43.5 Å². The molecule has 0 radical (unpaired) electrons. The van der Waals surface area contributed by atoms with Crippen molar-refractivity contribution in [3.8, 4) is 0 Å². The van der Waals surface area contributed by atoms with Gasteiger partial charge in [0.05, 0.1) is 0 Å². The van der Waals surface area contributed by atoms with Crippen LogP contribution in [0.5, 0.6) is 0 Å². The molecular formula is C16H25FN2. The summed E-state index contributed by atoms with van der Waals surface area (Å²) in [5, 5.41) is 3.61. The minimum Gasteiger partial charge on any atom is -0.311 e. The number of rotatable bonds is 4. The van der Waals surface area contributed by atoms with E-state index in [2.05, 4.69) is 24.1 Å². The molecule has 0 saturated carbocycles. The van der Waals surface area contributed by atoms with Crippen molar-refractivity contribution < 1.29 is 4.39 Å². The fourth-order valence-corrected chi connectivity index (χ4v) is 2.81. The van der Waals surface area contributed by atoms with Gasteiger partial charge >= 0.3 is 0 Å². The number of nitrogens with one attached hydrogen (secondary N) is 1. The average Bonchev–Trinajstić information content (AvgIpc) is 2.37. The van der Waals surface area contributed by atoms with Gasteiger partial charge in [-0.2, -0.15) is 0 Å². The molecule has 106 valence electrons. The predicted octanol–water partition coefficient (Wildman–Crippen LogP) is 3.10. The molecule has 1 aliphatic heterocycles. The quantitative estimate of drug-likeness (QED) is 0.899. The van der Waals surface area contributed by atoms with Gasteiger partial charge in [0.15, 0.2) is 0 Å². The topological polar surface area (TPSA) is 15.3 Å². The Morgan fingerprint density at radius 3 is 2.89 bits per heavy atom. The SMILES string of the molecule is CCCC1CN(Cc2ccc(F)cc2C)C(C)CN1. The van der Waals surface area contributed by atoms with E-state index in [1.165, 1.54) is 18.4 Å². The third kappa shape index (κ3) is 3.77. The first-order valence-corrected chi connectivity index (χ1v) is 7.32. The zero-order valence-electron chi connectivity index (χ0n) is 12.2. The minimum absolute atomic E-state index is 0.140. The Morgan fingerprint density at radius 1 is 1.42 bits per heavy atom. The monoisotopic (exact) mass is 264 g/mol. The summed E-state index contributed by atoms with van der Waals surface area (Å²) in [6.45, 7) is 9.54. The lowest BCUT2D eigenvalue weighted by atomic mass is 10.0. The molecule has 2 unspecified atom stereocenters. The molecule has 1 aromatic rings. The Morgan fingerprint density at radius 2 is 2.21 bits per heavy atom. The van der Waals surface area contributed by atoms with E-state index in [0.29, 0.717) is 12.1 Å². The Kier molecular flexibility index (Phi) is 4.94. The fraction of sp³-hybridized carbons (Fsp3) is 0.625. The summed E-state index contributed by atoms with van der Waals surface area (Å²) in [5.74, 6) is -0.140. The van der Waals surface area contributed by atoms with Crippen molar-refractivity contribution in [2.45, 2.75) is 52.2 Å². The van der Waals surface area contributed by atoms with Gasteiger partial charge < -0.3 is 5.32 Å². The van der Waals surface area contributed by atoms with Crippen molar-refractivity contribution in [3.63, 3.8) is 0 Å². The van der Waals surface area contributed by atoms with E-state index in [4.69, 9.17) is 0 Å². The van der Waals surface area contributed by atoms with Crippen LogP contribution in [-0.2, 0) is 6.54 Å². The number of aryl methyl sites for hydroxylation is 1. The van der Waals surface area contributed by atoms with Gasteiger partial charge in [0.2, 0.25) is 0 Å². The Labute approximate surface area is 116 Å². The molecule has 0 aromatic heterocycles. The Hall–Kier alpha value is -0.930. The van der Waals surface area contributed by atoms with E-state index in [-0.39, 0.29) is 5.82 Å². The van der Waals surface area contributed by atoms with Crippen LogP contribution in [0.25, 0.3) is 0 Å². The van der Waals surface area contributed by atoms with Gasteiger partial charge in [0.25, 0.3) is 0 Å². The van der Waals surface area contributed by atoms with E-state index >= 15 is 0 Å². The lowest BCUT2D eigenvalue weighted by molar-refractivity contribution is 0.129. The lowest BCUT2D eigenvalue weighted by Gasteiger charge is -2.39. The van der Waals surface area contributed by atoms with Crippen LogP contribution in [0, 0.1) is 12.7 Å². The largest absolute Gasteiger partial charge is 0.311 e. The third-order valence-corrected chi connectivity index (χ3v) is 4.10. The van der Waals surface area contributed by atoms with Crippen molar-refractivity contribution in [3.05, 3.63) is 35.1 Å². The number of benzene rings is 1. The summed E-state index contributed by atoms with van der Waals surface area (Å²) in [4.78, 5) is 2.51. The van der Waals surface area contributed by atoms with Gasteiger partial charge in [-0.25, -0.2) is 4.39 Å². The molecule has 0 spiro atoms. The standard InChI is InChI=1S/C16H25FN2/c1-4-5-16-11-19(13(3)9-18-16)10-14-6-7-15(17)8-12(14)2/h6-8,13,16,18H,4-5,9-11H2,1-3H3. The molecule has 0 bridgehead atoms. The molecule has 1 saturated heterocycles. The lowest BCUT2D eigenvalue weighted by Crippen LogP contribution is -2.54. The molecule has 1 N–H and O–H groups in total. The van der Waals surface area contributed by atoms with Crippen molar-refractivity contribution in [2.24, 2.45) is 0 Å². The molecule has 1 aliphatic rings. The van der Waals surface area contributed by atoms with Crippen LogP contribution in [0.4, 0.5) is 4.39 Å². The zero-order valence-corrected chi connectivity index (χ0v) is 12.2. The first-order valence-electron chi connectivity index (χ1n) is 7.32. The molecule has 1 fully saturated rings. The summed E-state index contributed by atoms with van der Waals surface area (Å²) in [5.41, 5.74) is 2.29. The van der Waals surface area contributed by atoms with Crippen molar-refractivity contribution >= 4 is 0 Å². The van der Waals surface area contributed by atoms with Gasteiger partial charge in [0.1, 0.15) is 5.82 Å². The van der Waals surface area contributed by atoms with Gasteiger partial charge in [-0.3, -0.25) is 4.90 Å². The van der Waals surface area contributed by atoms with Gasteiger partial charge in [-0.1, -0.05) is 19.4 Å². The van der Waals surface area contributed by atoms with E-state index in [0.717, 1.165) is 25.2 Å². The summed E-state index contributed by atoms with van der Waals surface area (Å²) in [7, 11) is 0. The summed E-state index contributed by atoms with van der Waals surface area (Å²) >= 11 is 0. The molecule has 2 rings (SSSR count). The van der Waals surface area contributed by atoms with E-state index < -0.39 is 0 Å². The second kappa shape index (κ2) is 6.49. The fourth-order valence-electron chi connectivity index (χ4n) is 2.81. The highest BCUT2D eigenvalue weighted by Crippen LogP contribution is 2.17. The molecule has 0 amide bonds. The molecule has 1 heterocycles. The molecule has 3 heteroatoms. The maximum Gasteiger partial charge on any atom is 0.123 e. The normalized spacial score (nSPS) is 24.6. The Balaban J connectivity index is 2.03. The Bertz CT molecular complexity index is 419. The summed E-state index contributed by atoms with van der Waals surface area (Å²) < 4.78 is 13.1. The molecule has 0 aliphatic carbocycles. The maximum absolute atomic E-state index is 13.1. The number of halogens is 1. The zero-order chi connectivity index (χ0) is 13.8. The van der Waals surface area contributed by atoms with Gasteiger partial charge in [-0.15, -0.1) is 0 Å². The van der Waals surface area contributed by atoms with Crippen molar-refractivity contribution in [1.29, 1.82) is 0 Å². The molecule has 2 nitrogen and oxygen atoms in total. The minimum atomic E-state index is -0.140. The van der Waals surface area contributed by atoms with Crippen molar-refractivity contribution in [1.82, 2.24) is 10.2 Å². The summed E-state index contributed by atoms with van der Waals surface area (Å²) in [6, 6.07) is 6.26. The number of hydrogen-bond acceptors (Lipinski definition) is 2. The van der Waals surface area contributed by atoms with Gasteiger partial charge in [0, 0.05) is 31.7 Å². The molecule has 2 atom stereocenters. The number of nitrogens with zero attached hydrogens (tertiary/aromatic N) is 1. The third-order valence-electron chi connectivity index (χ3n) is 4.10. The molecular weight excluding hydrogens is 239 g/mol. The maximum atomic E-state index is 13.1. The molecule has 19 heavy (non-hydrogen) atoms. The number of piperazine rings is 1. The van der Waals surface area contributed by atoms with Crippen LogP contribution >= 0.6 is 0 Å². The predicted molar refractivity (Wildman–Crippen MR) is 77.7 cm³/mol. The first kappa shape index (κ1) is 14.5. The summed E-state index contributed by atoms with van der Waals surface area (Å²) in [6.07, 6.45) is 2.45. The highest BCUT2D eigenvalue weighted by molar-refractivity contribution is 5.26. The van der Waals surface area contributed by atoms with Crippen molar-refractivity contribution in [2.75, 3.05) is 13.1 Å². The number of hydrogen-bond donors (Lipinski definition) is 1. The second-order valence-corrected chi connectivity index (χ2v) is 5.74. The second-order valence-electron chi connectivity index (χ2n) is 5.74. The van der Waals surface area contributed by atoms with Crippen LogP contribution < -0.4 is 5.32 Å². The average molecular weight is 264 g/mol.